The zero-order chi connectivity index (χ0) is 10.3. The highest BCUT2D eigenvalue weighted by Crippen LogP contribution is 2.07. The summed E-state index contributed by atoms with van der Waals surface area (Å²) in [6, 6.07) is 5.82. The van der Waals surface area contributed by atoms with Gasteiger partial charge in [-0.3, -0.25) is 4.79 Å². The van der Waals surface area contributed by atoms with Gasteiger partial charge >= 0.3 is 0 Å². The minimum Gasteiger partial charge on any atom is -0.412 e. The van der Waals surface area contributed by atoms with E-state index in [0.29, 0.717) is 11.4 Å². The van der Waals surface area contributed by atoms with Gasteiger partial charge in [0.2, 0.25) is 5.24 Å². The molecule has 14 heavy (non-hydrogen) atoms. The molecule has 0 saturated heterocycles. The second-order valence-electron chi connectivity index (χ2n) is 2.15. The Morgan fingerprint density at radius 3 is 2.21 bits per heavy atom. The van der Waals surface area contributed by atoms with Crippen LogP contribution in [0.1, 0.15) is 13.3 Å². The molecule has 0 heterocycles. The van der Waals surface area contributed by atoms with Crippen LogP contribution < -0.4 is 0 Å². The molecule has 0 amide bonds. The number of halogens is 3. The molecule has 2 nitrogen and oxygen atoms in total. The van der Waals surface area contributed by atoms with Gasteiger partial charge in [0, 0.05) is 11.4 Å². The highest BCUT2D eigenvalue weighted by Gasteiger charge is 1.86. The summed E-state index contributed by atoms with van der Waals surface area (Å²) in [5, 5.41) is 0.162. The summed E-state index contributed by atoms with van der Waals surface area (Å²) >= 11 is 10.2. The Morgan fingerprint density at radius 1 is 1.50 bits per heavy atom. The third kappa shape index (κ3) is 9.45. The lowest BCUT2D eigenvalue weighted by Gasteiger charge is -1.85. The van der Waals surface area contributed by atoms with Crippen LogP contribution in [0.15, 0.2) is 24.3 Å². The molecule has 1 aromatic carbocycles. The van der Waals surface area contributed by atoms with E-state index in [1.807, 2.05) is 0 Å². The summed E-state index contributed by atoms with van der Waals surface area (Å²) in [6.45, 7) is 1.72. The topological polar surface area (TPSA) is 48.6 Å². The van der Waals surface area contributed by atoms with E-state index in [2.05, 4.69) is 0 Å². The fraction of sp³-hybridized carbons (Fsp3) is 0.222. The van der Waals surface area contributed by atoms with Gasteiger partial charge in [-0.2, -0.15) is 0 Å². The minimum absolute atomic E-state index is 0. The Balaban J connectivity index is 0. The van der Waals surface area contributed by atoms with E-state index >= 15 is 0 Å². The van der Waals surface area contributed by atoms with Crippen molar-refractivity contribution in [3.05, 3.63) is 35.1 Å². The van der Waals surface area contributed by atoms with E-state index < -0.39 is 0 Å². The first-order chi connectivity index (χ1) is 6.06. The first-order valence-electron chi connectivity index (χ1n) is 3.65. The van der Waals surface area contributed by atoms with Gasteiger partial charge in [-0.25, -0.2) is 4.39 Å². The maximum Gasteiger partial charge on any atom is 0.221 e. The van der Waals surface area contributed by atoms with Crippen molar-refractivity contribution in [3.63, 3.8) is 0 Å². The number of carbonyl (C=O) groups excluding carboxylic acids is 1. The van der Waals surface area contributed by atoms with E-state index in [-0.39, 0.29) is 16.5 Å². The third-order valence-electron chi connectivity index (χ3n) is 1.06. The first-order valence-corrected chi connectivity index (χ1v) is 4.41. The Hall–Kier alpha value is -0.640. The number of rotatable bonds is 1. The van der Waals surface area contributed by atoms with Gasteiger partial charge in [-0.05, 0) is 29.8 Å². The average Bonchev–Trinajstić information content (AvgIpc) is 2.05. The zero-order valence-corrected chi connectivity index (χ0v) is 9.07. The van der Waals surface area contributed by atoms with Crippen LogP contribution in [0.4, 0.5) is 4.39 Å². The smallest absolute Gasteiger partial charge is 0.221 e. The molecule has 0 atom stereocenters. The summed E-state index contributed by atoms with van der Waals surface area (Å²) in [4.78, 5) is 9.58. The number of benzene rings is 1. The molecular weight excluding hydrogens is 230 g/mol. The molecular formula is C9H11Cl2FO2. The Labute approximate surface area is 91.9 Å². The van der Waals surface area contributed by atoms with Gasteiger partial charge in [0.05, 0.1) is 0 Å². The predicted octanol–water partition coefficient (Wildman–Crippen LogP) is 2.82. The van der Waals surface area contributed by atoms with E-state index in [1.165, 1.54) is 12.1 Å². The van der Waals surface area contributed by atoms with Crippen LogP contribution in [0.5, 0.6) is 0 Å². The second kappa shape index (κ2) is 8.94. The lowest BCUT2D eigenvalue weighted by molar-refractivity contribution is -0.111. The highest BCUT2D eigenvalue weighted by molar-refractivity contribution is 6.63. The van der Waals surface area contributed by atoms with Crippen molar-refractivity contribution in [2.24, 2.45) is 0 Å². The molecule has 0 aliphatic heterocycles. The molecule has 5 heteroatoms. The molecule has 0 unspecified atom stereocenters. The van der Waals surface area contributed by atoms with Crippen molar-refractivity contribution in [2.75, 3.05) is 0 Å². The molecule has 0 fully saturated rings. The van der Waals surface area contributed by atoms with E-state index in [1.54, 1.807) is 19.1 Å². The van der Waals surface area contributed by atoms with Crippen molar-refractivity contribution in [1.82, 2.24) is 0 Å². The van der Waals surface area contributed by atoms with Crippen LogP contribution in [0, 0.1) is 5.82 Å². The molecule has 0 spiro atoms. The number of hydrogen-bond acceptors (Lipinski definition) is 1. The van der Waals surface area contributed by atoms with Gasteiger partial charge in [-0.15, -0.1) is 0 Å². The van der Waals surface area contributed by atoms with Crippen LogP contribution in [0.2, 0.25) is 5.02 Å². The number of carbonyl (C=O) groups is 1. The molecule has 0 bridgehead atoms. The van der Waals surface area contributed by atoms with Gasteiger partial charge in [0.25, 0.3) is 0 Å². The molecule has 0 radical (unpaired) electrons. The maximum absolute atomic E-state index is 12.1. The van der Waals surface area contributed by atoms with Crippen molar-refractivity contribution in [2.45, 2.75) is 13.3 Å². The first kappa shape index (κ1) is 15.8. The van der Waals surface area contributed by atoms with Crippen LogP contribution >= 0.6 is 23.2 Å². The Bertz CT molecular complexity index is 262. The highest BCUT2D eigenvalue weighted by atomic mass is 35.5. The SMILES string of the molecule is CCC(=O)Cl.Fc1cccc(Cl)c1.O. The number of hydrogen-bond donors (Lipinski definition) is 0. The lowest BCUT2D eigenvalue weighted by Crippen LogP contribution is -1.74. The average molecular weight is 241 g/mol. The normalized spacial score (nSPS) is 8.00. The molecule has 0 aromatic heterocycles. The summed E-state index contributed by atoms with van der Waals surface area (Å²) in [6.07, 6.45) is 0.432. The Morgan fingerprint density at radius 2 is 2.00 bits per heavy atom. The quantitative estimate of drug-likeness (QED) is 0.697. The largest absolute Gasteiger partial charge is 0.412 e. The lowest BCUT2D eigenvalue weighted by atomic mass is 10.4. The maximum atomic E-state index is 12.1. The van der Waals surface area contributed by atoms with Gasteiger partial charge in [0.1, 0.15) is 5.82 Å². The van der Waals surface area contributed by atoms with Gasteiger partial charge in [-0.1, -0.05) is 24.6 Å². The minimum atomic E-state index is -0.294. The summed E-state index contributed by atoms with van der Waals surface area (Å²) in [5.74, 6) is -0.294. The molecule has 80 valence electrons. The molecule has 1 aromatic rings. The summed E-state index contributed by atoms with van der Waals surface area (Å²) < 4.78 is 12.1. The van der Waals surface area contributed by atoms with Gasteiger partial charge in [0.15, 0.2) is 0 Å². The van der Waals surface area contributed by atoms with E-state index in [9.17, 15) is 9.18 Å². The Kier molecular flexibility index (Phi) is 10.1. The van der Waals surface area contributed by atoms with Crippen molar-refractivity contribution < 1.29 is 14.7 Å². The standard InChI is InChI=1S/C6H4ClF.C3H5ClO.H2O/c7-5-2-1-3-6(8)4-5;1-2-3(4)5;/h1-4H;2H2,1H3;1H2. The fourth-order valence-corrected chi connectivity index (χ4v) is 0.637. The molecule has 0 aliphatic rings. The summed E-state index contributed by atoms with van der Waals surface area (Å²) in [5.41, 5.74) is 0. The monoisotopic (exact) mass is 240 g/mol. The predicted molar refractivity (Wildman–Crippen MR) is 56.2 cm³/mol. The fourth-order valence-electron chi connectivity index (χ4n) is 0.460. The van der Waals surface area contributed by atoms with Crippen LogP contribution in [-0.2, 0) is 4.79 Å². The molecule has 2 N–H and O–H groups in total. The third-order valence-corrected chi connectivity index (χ3v) is 1.57. The second-order valence-corrected chi connectivity index (χ2v) is 3.01. The van der Waals surface area contributed by atoms with E-state index in [4.69, 9.17) is 23.2 Å². The molecule has 1 rings (SSSR count). The van der Waals surface area contributed by atoms with Crippen molar-refractivity contribution in [1.29, 1.82) is 0 Å². The van der Waals surface area contributed by atoms with E-state index in [0.717, 1.165) is 0 Å². The van der Waals surface area contributed by atoms with Crippen LogP contribution in [0.25, 0.3) is 0 Å². The molecule has 0 saturated carbocycles. The van der Waals surface area contributed by atoms with Crippen LogP contribution in [-0.4, -0.2) is 10.7 Å². The summed E-state index contributed by atoms with van der Waals surface area (Å²) in [7, 11) is 0. The van der Waals surface area contributed by atoms with Crippen molar-refractivity contribution >= 4 is 28.4 Å². The zero-order valence-electron chi connectivity index (χ0n) is 7.56. The molecule has 0 aliphatic carbocycles. The van der Waals surface area contributed by atoms with Crippen molar-refractivity contribution in [3.8, 4) is 0 Å². The van der Waals surface area contributed by atoms with Gasteiger partial charge < -0.3 is 5.48 Å². The van der Waals surface area contributed by atoms with Crippen LogP contribution in [0.3, 0.4) is 0 Å².